The van der Waals surface area contributed by atoms with Crippen LogP contribution in [0, 0.1) is 5.92 Å². The van der Waals surface area contributed by atoms with Gasteiger partial charge in [0.05, 0.1) is 13.7 Å². The third-order valence-corrected chi connectivity index (χ3v) is 5.22. The number of amides is 1. The summed E-state index contributed by atoms with van der Waals surface area (Å²) in [4.78, 5) is 13.0. The van der Waals surface area contributed by atoms with E-state index < -0.39 is 5.60 Å². The van der Waals surface area contributed by atoms with Gasteiger partial charge in [-0.15, -0.1) is 11.3 Å². The van der Waals surface area contributed by atoms with E-state index in [1.54, 1.807) is 19.2 Å². The average Bonchev–Trinajstić information content (AvgIpc) is 3.33. The Balaban J connectivity index is 1.55. The molecule has 0 bridgehead atoms. The van der Waals surface area contributed by atoms with E-state index in [0.717, 1.165) is 17.7 Å². The van der Waals surface area contributed by atoms with E-state index >= 15 is 0 Å². The number of rotatable bonds is 8. The van der Waals surface area contributed by atoms with Crippen molar-refractivity contribution >= 4 is 17.2 Å². The smallest absolute Gasteiger partial charge is 0.258 e. The minimum atomic E-state index is -0.978. The minimum absolute atomic E-state index is 0.119. The molecule has 128 valence electrons. The van der Waals surface area contributed by atoms with Gasteiger partial charge in [-0.3, -0.25) is 4.79 Å². The van der Waals surface area contributed by atoms with Gasteiger partial charge in [0.25, 0.3) is 5.91 Å². The van der Waals surface area contributed by atoms with Crippen molar-refractivity contribution in [1.29, 1.82) is 0 Å². The summed E-state index contributed by atoms with van der Waals surface area (Å²) in [6.45, 7) is 0.0812. The van der Waals surface area contributed by atoms with Crippen LogP contribution in [0.4, 0.5) is 0 Å². The summed E-state index contributed by atoms with van der Waals surface area (Å²) < 4.78 is 10.7. The molecule has 1 aliphatic rings. The summed E-state index contributed by atoms with van der Waals surface area (Å²) >= 11 is 1.52. The lowest BCUT2D eigenvalue weighted by molar-refractivity contribution is -0.124. The third kappa shape index (κ3) is 3.71. The number of aliphatic hydroxyl groups is 1. The largest absolute Gasteiger partial charge is 0.493 e. The normalized spacial score (nSPS) is 16.2. The van der Waals surface area contributed by atoms with Crippen LogP contribution in [-0.4, -0.2) is 31.3 Å². The van der Waals surface area contributed by atoms with Gasteiger partial charge >= 0.3 is 0 Å². The van der Waals surface area contributed by atoms with Crippen LogP contribution in [0.15, 0.2) is 41.8 Å². The number of nitrogens with one attached hydrogen (secondary N) is 1. The first-order chi connectivity index (χ1) is 11.6. The molecule has 0 saturated heterocycles. The van der Waals surface area contributed by atoms with Gasteiger partial charge in [0.15, 0.2) is 18.1 Å². The molecule has 5 nitrogen and oxygen atoms in total. The van der Waals surface area contributed by atoms with Crippen LogP contribution in [-0.2, 0) is 10.4 Å². The molecule has 2 aromatic rings. The predicted molar refractivity (Wildman–Crippen MR) is 92.4 cm³/mol. The molecule has 1 aromatic heterocycles. The van der Waals surface area contributed by atoms with Gasteiger partial charge in [0.1, 0.15) is 5.60 Å². The molecule has 1 amide bonds. The fourth-order valence-electron chi connectivity index (χ4n) is 2.68. The zero-order chi connectivity index (χ0) is 17.0. The Labute approximate surface area is 145 Å². The van der Waals surface area contributed by atoms with Crippen molar-refractivity contribution in [2.75, 3.05) is 20.3 Å². The highest BCUT2D eigenvalue weighted by Crippen LogP contribution is 2.46. The van der Waals surface area contributed by atoms with E-state index in [0.29, 0.717) is 11.5 Å². The molecule has 0 radical (unpaired) electrons. The second kappa shape index (κ2) is 7.23. The van der Waals surface area contributed by atoms with Crippen LogP contribution in [0.5, 0.6) is 11.5 Å². The number of benzene rings is 1. The van der Waals surface area contributed by atoms with Crippen molar-refractivity contribution in [3.63, 3.8) is 0 Å². The molecule has 2 N–H and O–H groups in total. The molecule has 1 atom stereocenters. The van der Waals surface area contributed by atoms with Crippen LogP contribution >= 0.6 is 11.3 Å². The maximum absolute atomic E-state index is 12.1. The fraction of sp³-hybridized carbons (Fsp3) is 0.389. The molecular formula is C18H21NO4S. The third-order valence-electron chi connectivity index (χ3n) is 4.18. The summed E-state index contributed by atoms with van der Waals surface area (Å²) in [5, 5.41) is 15.7. The second-order valence-corrected chi connectivity index (χ2v) is 6.84. The molecule has 1 aliphatic carbocycles. The van der Waals surface area contributed by atoms with Crippen LogP contribution in [0.25, 0.3) is 0 Å². The highest BCUT2D eigenvalue weighted by molar-refractivity contribution is 7.10. The number of hydrogen-bond donors (Lipinski definition) is 2. The van der Waals surface area contributed by atoms with Crippen molar-refractivity contribution in [3.8, 4) is 11.5 Å². The highest BCUT2D eigenvalue weighted by Gasteiger charge is 2.45. The van der Waals surface area contributed by atoms with Gasteiger partial charge in [-0.05, 0) is 42.3 Å². The topological polar surface area (TPSA) is 67.8 Å². The molecule has 0 spiro atoms. The predicted octanol–water partition coefficient (Wildman–Crippen LogP) is 2.55. The van der Waals surface area contributed by atoms with Crippen LogP contribution in [0.3, 0.4) is 0 Å². The molecule has 6 heteroatoms. The Bertz CT molecular complexity index is 684. The van der Waals surface area contributed by atoms with Gasteiger partial charge in [-0.25, -0.2) is 0 Å². The standard InChI is InChI=1S/C18H21NO4S/c1-22-14-5-2-3-6-15(14)23-11-17(20)19-12-18(21,13-8-9-13)16-7-4-10-24-16/h2-7,10,13,21H,8-9,11-12H2,1H3,(H,19,20). The lowest BCUT2D eigenvalue weighted by atomic mass is 9.95. The number of methoxy groups -OCH3 is 1. The highest BCUT2D eigenvalue weighted by atomic mass is 32.1. The summed E-state index contributed by atoms with van der Waals surface area (Å²) in [5.74, 6) is 1.05. The molecule has 1 heterocycles. The monoisotopic (exact) mass is 347 g/mol. The van der Waals surface area contributed by atoms with Crippen LogP contribution < -0.4 is 14.8 Å². The number of ether oxygens (including phenoxy) is 2. The molecule has 1 aromatic carbocycles. The minimum Gasteiger partial charge on any atom is -0.493 e. The number of carbonyl (C=O) groups excluding carboxylic acids is 1. The number of carbonyl (C=O) groups is 1. The first-order valence-corrected chi connectivity index (χ1v) is 8.80. The van der Waals surface area contributed by atoms with Crippen molar-refractivity contribution in [2.24, 2.45) is 5.92 Å². The Morgan fingerprint density at radius 3 is 2.67 bits per heavy atom. The summed E-state index contributed by atoms with van der Waals surface area (Å²) in [7, 11) is 1.55. The Kier molecular flexibility index (Phi) is 5.06. The molecule has 24 heavy (non-hydrogen) atoms. The lowest BCUT2D eigenvalue weighted by Gasteiger charge is -2.27. The van der Waals surface area contributed by atoms with Crippen molar-refractivity contribution in [1.82, 2.24) is 5.32 Å². The first kappa shape index (κ1) is 16.8. The lowest BCUT2D eigenvalue weighted by Crippen LogP contribution is -2.43. The molecule has 1 unspecified atom stereocenters. The first-order valence-electron chi connectivity index (χ1n) is 7.92. The Morgan fingerprint density at radius 1 is 1.29 bits per heavy atom. The number of thiophene rings is 1. The van der Waals surface area contributed by atoms with E-state index in [1.807, 2.05) is 29.6 Å². The summed E-state index contributed by atoms with van der Waals surface area (Å²) in [5.41, 5.74) is -0.978. The van der Waals surface area contributed by atoms with E-state index in [9.17, 15) is 9.90 Å². The van der Waals surface area contributed by atoms with E-state index in [1.165, 1.54) is 11.3 Å². The SMILES string of the molecule is COc1ccccc1OCC(=O)NCC(O)(c1cccs1)C1CC1. The molecule has 0 aliphatic heterocycles. The van der Waals surface area contributed by atoms with Crippen LogP contribution in [0.2, 0.25) is 0 Å². The zero-order valence-electron chi connectivity index (χ0n) is 13.5. The van der Waals surface area contributed by atoms with Crippen molar-refractivity contribution < 1.29 is 19.4 Å². The fourth-order valence-corrected chi connectivity index (χ4v) is 3.59. The molecule has 1 saturated carbocycles. The Hall–Kier alpha value is -2.05. The van der Waals surface area contributed by atoms with E-state index in [-0.39, 0.29) is 25.0 Å². The van der Waals surface area contributed by atoms with E-state index in [2.05, 4.69) is 5.32 Å². The Morgan fingerprint density at radius 2 is 2.04 bits per heavy atom. The number of para-hydroxylation sites is 2. The maximum atomic E-state index is 12.1. The van der Waals surface area contributed by atoms with Gasteiger partial charge in [-0.1, -0.05) is 18.2 Å². The van der Waals surface area contributed by atoms with Gasteiger partial charge in [-0.2, -0.15) is 0 Å². The molecule has 3 rings (SSSR count). The summed E-state index contributed by atoms with van der Waals surface area (Å²) in [6.07, 6.45) is 1.98. The molecular weight excluding hydrogens is 326 g/mol. The van der Waals surface area contributed by atoms with E-state index in [4.69, 9.17) is 9.47 Å². The quantitative estimate of drug-likeness (QED) is 0.770. The molecule has 1 fully saturated rings. The zero-order valence-corrected chi connectivity index (χ0v) is 14.3. The summed E-state index contributed by atoms with van der Waals surface area (Å²) in [6, 6.07) is 11.0. The van der Waals surface area contributed by atoms with Gasteiger partial charge in [0.2, 0.25) is 0 Å². The van der Waals surface area contributed by atoms with Crippen molar-refractivity contribution in [3.05, 3.63) is 46.7 Å². The van der Waals surface area contributed by atoms with Crippen molar-refractivity contribution in [2.45, 2.75) is 18.4 Å². The van der Waals surface area contributed by atoms with Gasteiger partial charge in [0, 0.05) is 4.88 Å². The van der Waals surface area contributed by atoms with Gasteiger partial charge < -0.3 is 19.9 Å². The maximum Gasteiger partial charge on any atom is 0.258 e. The average molecular weight is 347 g/mol. The second-order valence-electron chi connectivity index (χ2n) is 5.89. The number of hydrogen-bond acceptors (Lipinski definition) is 5. The van der Waals surface area contributed by atoms with Crippen LogP contribution in [0.1, 0.15) is 17.7 Å².